The number of ether oxygens (including phenoxy) is 1. The summed E-state index contributed by atoms with van der Waals surface area (Å²) in [6, 6.07) is 24.7. The van der Waals surface area contributed by atoms with Gasteiger partial charge in [-0.15, -0.1) is 5.10 Å². The van der Waals surface area contributed by atoms with E-state index in [4.69, 9.17) is 14.8 Å². The number of nitrogens with zero attached hydrogens (tertiary/aromatic N) is 4. The third kappa shape index (κ3) is 6.29. The minimum Gasteiger partial charge on any atom is -0.465 e. The molecule has 39 heavy (non-hydrogen) atoms. The Morgan fingerprint density at radius 3 is 2.54 bits per heavy atom. The largest absolute Gasteiger partial charge is 0.465 e. The van der Waals surface area contributed by atoms with Gasteiger partial charge in [0.25, 0.3) is 0 Å². The Hall–Kier alpha value is -4.57. The molecule has 0 bridgehead atoms. The second-order valence-corrected chi connectivity index (χ2v) is 10.9. The summed E-state index contributed by atoms with van der Waals surface area (Å²) in [4.78, 5) is 21.0. The van der Waals surface area contributed by atoms with Gasteiger partial charge in [0.05, 0.1) is 24.6 Å². The molecule has 0 spiro atoms. The van der Waals surface area contributed by atoms with Gasteiger partial charge < -0.3 is 10.1 Å². The van der Waals surface area contributed by atoms with Gasteiger partial charge in [0.15, 0.2) is 21.5 Å². The van der Waals surface area contributed by atoms with Crippen LogP contribution in [0.15, 0.2) is 91.3 Å². The summed E-state index contributed by atoms with van der Waals surface area (Å²) in [6.45, 7) is 2.22. The summed E-state index contributed by atoms with van der Waals surface area (Å²) in [6.07, 6.45) is 3.62. The third-order valence-electron chi connectivity index (χ3n) is 5.97. The molecule has 1 N–H and O–H groups in total. The highest BCUT2D eigenvalue weighted by atomic mass is 32.2. The molecule has 198 valence electrons. The lowest BCUT2D eigenvalue weighted by molar-refractivity contribution is -0.139. The van der Waals surface area contributed by atoms with Gasteiger partial charge in [-0.1, -0.05) is 54.6 Å². The Kier molecular flexibility index (Phi) is 7.64. The number of benzene rings is 2. The molecule has 0 saturated heterocycles. The number of fused-ring (bicyclic) bond motifs is 1. The molecular formula is C29H27N5O4S. The molecule has 10 heteroatoms. The van der Waals surface area contributed by atoms with E-state index in [1.807, 2.05) is 66.9 Å². The lowest BCUT2D eigenvalue weighted by Gasteiger charge is -2.12. The minimum atomic E-state index is -3.70. The number of carbonyl (C=O) groups is 1. The van der Waals surface area contributed by atoms with Gasteiger partial charge in [-0.05, 0) is 42.3 Å². The Morgan fingerprint density at radius 1 is 0.974 bits per heavy atom. The molecule has 0 saturated carbocycles. The van der Waals surface area contributed by atoms with E-state index < -0.39 is 21.6 Å². The molecule has 0 aliphatic rings. The molecule has 3 heterocycles. The molecule has 0 amide bonds. The average Bonchev–Trinajstić information content (AvgIpc) is 3.37. The molecule has 0 atom stereocenters. The van der Waals surface area contributed by atoms with E-state index in [2.05, 4.69) is 10.3 Å². The van der Waals surface area contributed by atoms with E-state index in [1.165, 1.54) is 0 Å². The van der Waals surface area contributed by atoms with Crippen LogP contribution in [-0.2, 0) is 31.7 Å². The van der Waals surface area contributed by atoms with Crippen molar-refractivity contribution in [1.29, 1.82) is 0 Å². The van der Waals surface area contributed by atoms with Crippen LogP contribution in [0.5, 0.6) is 0 Å². The highest BCUT2D eigenvalue weighted by molar-refractivity contribution is 7.91. The number of sulfone groups is 1. The van der Waals surface area contributed by atoms with Gasteiger partial charge in [-0.2, -0.15) is 0 Å². The Balaban J connectivity index is 1.52. The number of hydrogen-bond donors (Lipinski definition) is 1. The highest BCUT2D eigenvalue weighted by Gasteiger charge is 2.20. The number of pyridine rings is 1. The van der Waals surface area contributed by atoms with E-state index in [0.29, 0.717) is 29.3 Å². The number of aromatic nitrogens is 4. The number of rotatable bonds is 10. The highest BCUT2D eigenvalue weighted by Crippen LogP contribution is 2.31. The first-order valence-electron chi connectivity index (χ1n) is 12.5. The fourth-order valence-electron chi connectivity index (χ4n) is 4.29. The maximum atomic E-state index is 12.6. The van der Waals surface area contributed by atoms with Crippen LogP contribution in [0, 0.1) is 0 Å². The number of carbonyl (C=O) groups excluding carboxylic acids is 1. The van der Waals surface area contributed by atoms with Crippen molar-refractivity contribution in [2.75, 3.05) is 17.7 Å². The van der Waals surface area contributed by atoms with E-state index in [1.54, 1.807) is 35.8 Å². The van der Waals surface area contributed by atoms with Crippen molar-refractivity contribution in [1.82, 2.24) is 19.6 Å². The Labute approximate surface area is 226 Å². The molecule has 5 aromatic rings. The van der Waals surface area contributed by atoms with E-state index in [-0.39, 0.29) is 12.4 Å². The summed E-state index contributed by atoms with van der Waals surface area (Å²) in [5.74, 6) is -0.677. The van der Waals surface area contributed by atoms with E-state index in [9.17, 15) is 13.2 Å². The van der Waals surface area contributed by atoms with Crippen molar-refractivity contribution < 1.29 is 17.9 Å². The van der Waals surface area contributed by atoms with E-state index in [0.717, 1.165) is 22.3 Å². The van der Waals surface area contributed by atoms with Crippen LogP contribution in [0.3, 0.4) is 0 Å². The Morgan fingerprint density at radius 2 is 1.77 bits per heavy atom. The first-order chi connectivity index (χ1) is 18.9. The molecule has 0 radical (unpaired) electrons. The summed E-state index contributed by atoms with van der Waals surface area (Å²) < 4.78 is 31.7. The van der Waals surface area contributed by atoms with Crippen LogP contribution in [0.2, 0.25) is 0 Å². The van der Waals surface area contributed by atoms with Crippen LogP contribution >= 0.6 is 0 Å². The average molecular weight is 542 g/mol. The summed E-state index contributed by atoms with van der Waals surface area (Å²) in [5, 5.41) is 8.16. The van der Waals surface area contributed by atoms with Crippen LogP contribution < -0.4 is 5.32 Å². The quantitative estimate of drug-likeness (QED) is 0.256. The minimum absolute atomic E-state index is 0.131. The second-order valence-electron chi connectivity index (χ2n) is 8.88. The predicted molar refractivity (Wildman–Crippen MR) is 150 cm³/mol. The van der Waals surface area contributed by atoms with Crippen molar-refractivity contribution in [3.63, 3.8) is 0 Å². The number of esters is 1. The maximum Gasteiger partial charge on any atom is 0.321 e. The number of anilines is 1. The van der Waals surface area contributed by atoms with Gasteiger partial charge in [-0.25, -0.2) is 17.9 Å². The predicted octanol–water partition coefficient (Wildman–Crippen LogP) is 4.55. The summed E-state index contributed by atoms with van der Waals surface area (Å²) >= 11 is 0. The lowest BCUT2D eigenvalue weighted by Crippen LogP contribution is -2.20. The molecular weight excluding hydrogens is 514 g/mol. The molecule has 0 aliphatic heterocycles. The van der Waals surface area contributed by atoms with Crippen LogP contribution in [-0.4, -0.2) is 46.3 Å². The SMILES string of the molecule is CCOC(=O)CS(=O)(=O)Cc1cccc(-c2nc(NCc3ccccn3)c3c(-c4ccccc4)ccn3n2)c1. The zero-order valence-electron chi connectivity index (χ0n) is 21.3. The van der Waals surface area contributed by atoms with Crippen LogP contribution in [0.4, 0.5) is 5.82 Å². The van der Waals surface area contributed by atoms with Crippen molar-refractivity contribution in [3.05, 3.63) is 103 Å². The Bertz CT molecular complexity index is 1700. The van der Waals surface area contributed by atoms with Crippen molar-refractivity contribution >= 4 is 27.1 Å². The summed E-state index contributed by atoms with van der Waals surface area (Å²) in [5.41, 5.74) is 4.86. The topological polar surface area (TPSA) is 116 Å². The molecule has 0 aliphatic carbocycles. The monoisotopic (exact) mass is 541 g/mol. The first-order valence-corrected chi connectivity index (χ1v) is 14.3. The second kappa shape index (κ2) is 11.4. The fourth-order valence-corrected chi connectivity index (χ4v) is 5.52. The molecule has 0 fully saturated rings. The molecule has 5 rings (SSSR count). The zero-order valence-corrected chi connectivity index (χ0v) is 22.1. The van der Waals surface area contributed by atoms with Crippen LogP contribution in [0.1, 0.15) is 18.2 Å². The zero-order chi connectivity index (χ0) is 27.2. The lowest BCUT2D eigenvalue weighted by atomic mass is 10.1. The normalized spacial score (nSPS) is 11.4. The summed E-state index contributed by atoms with van der Waals surface area (Å²) in [7, 11) is -3.70. The first kappa shape index (κ1) is 26.1. The van der Waals surface area contributed by atoms with Gasteiger partial charge in [0, 0.05) is 23.5 Å². The van der Waals surface area contributed by atoms with E-state index >= 15 is 0 Å². The molecule has 9 nitrogen and oxygen atoms in total. The smallest absolute Gasteiger partial charge is 0.321 e. The van der Waals surface area contributed by atoms with Gasteiger partial charge >= 0.3 is 5.97 Å². The molecule has 2 aromatic carbocycles. The number of nitrogens with one attached hydrogen (secondary N) is 1. The van der Waals surface area contributed by atoms with Gasteiger partial charge in [0.2, 0.25) is 0 Å². The van der Waals surface area contributed by atoms with Gasteiger partial charge in [0.1, 0.15) is 11.3 Å². The van der Waals surface area contributed by atoms with Crippen LogP contribution in [0.25, 0.3) is 28.0 Å². The fraction of sp³-hybridized carbons (Fsp3) is 0.172. The van der Waals surface area contributed by atoms with Crippen molar-refractivity contribution in [2.24, 2.45) is 0 Å². The third-order valence-corrected chi connectivity index (χ3v) is 7.42. The maximum absolute atomic E-state index is 12.6. The number of hydrogen-bond acceptors (Lipinski definition) is 8. The van der Waals surface area contributed by atoms with Crippen molar-refractivity contribution in [2.45, 2.75) is 19.2 Å². The van der Waals surface area contributed by atoms with Gasteiger partial charge in [-0.3, -0.25) is 9.78 Å². The van der Waals surface area contributed by atoms with Crippen molar-refractivity contribution in [3.8, 4) is 22.5 Å². The molecule has 0 unspecified atom stereocenters. The molecule has 3 aromatic heterocycles. The standard InChI is InChI=1S/C29H27N5O4S/c1-2-38-26(35)20-39(36,37)19-21-9-8-12-23(17-21)28-32-29(31-18-24-13-6-7-15-30-24)27-25(14-16-34(27)33-28)22-10-4-3-5-11-22/h3-17H,2,18-20H2,1H3,(H,31,32,33).